The summed E-state index contributed by atoms with van der Waals surface area (Å²) in [6.07, 6.45) is 0.886. The van der Waals surface area contributed by atoms with Crippen molar-refractivity contribution in [3.8, 4) is 0 Å². The topological polar surface area (TPSA) is 46.9 Å². The molecule has 0 spiro atoms. The van der Waals surface area contributed by atoms with Crippen molar-refractivity contribution in [2.75, 3.05) is 20.1 Å². The molecular weight excluding hydrogens is 276 g/mol. The zero-order valence-electron chi connectivity index (χ0n) is 14.0. The minimum absolute atomic E-state index is 0.482. The molecule has 4 heteroatoms. The summed E-state index contributed by atoms with van der Waals surface area (Å²) in [5.74, 6) is 0. The van der Waals surface area contributed by atoms with Gasteiger partial charge in [0.2, 0.25) is 0 Å². The first kappa shape index (κ1) is 17.4. The molecule has 0 aromatic heterocycles. The zero-order valence-corrected chi connectivity index (χ0v) is 14.0. The van der Waals surface area contributed by atoms with Crippen molar-refractivity contribution in [1.29, 1.82) is 0 Å². The molecule has 0 radical (unpaired) electrons. The third kappa shape index (κ3) is 4.78. The number of likely N-dealkylation sites (N-methyl/N-ethyl adjacent to an activating group) is 1. The lowest BCUT2D eigenvalue weighted by molar-refractivity contribution is -0.00658. The number of likely N-dealkylation sites (tertiary alicyclic amines) is 1. The predicted octanol–water partition coefficient (Wildman–Crippen LogP) is 1.71. The minimum Gasteiger partial charge on any atom is -0.391 e. The summed E-state index contributed by atoms with van der Waals surface area (Å²) in [5.41, 5.74) is 1.37. The van der Waals surface area contributed by atoms with Crippen LogP contribution in [0.4, 0.5) is 0 Å². The molecule has 1 heterocycles. The SMILES string of the molecule is CC(O)C(O)CN(C)C1CCN(Cc2ccccc2)C(C)C1. The second kappa shape index (κ2) is 8.06. The summed E-state index contributed by atoms with van der Waals surface area (Å²) in [4.78, 5) is 4.73. The molecule has 1 aromatic carbocycles. The van der Waals surface area contributed by atoms with Crippen LogP contribution in [-0.4, -0.2) is 64.4 Å². The van der Waals surface area contributed by atoms with Crippen molar-refractivity contribution >= 4 is 0 Å². The lowest BCUT2D eigenvalue weighted by atomic mass is 9.96. The molecule has 22 heavy (non-hydrogen) atoms. The third-order valence-electron chi connectivity index (χ3n) is 4.87. The molecule has 2 N–H and O–H groups in total. The van der Waals surface area contributed by atoms with Crippen LogP contribution in [0.5, 0.6) is 0 Å². The molecule has 0 aliphatic carbocycles. The Morgan fingerprint density at radius 3 is 2.55 bits per heavy atom. The molecule has 1 fully saturated rings. The molecule has 1 saturated heterocycles. The Balaban J connectivity index is 1.84. The van der Waals surface area contributed by atoms with E-state index in [4.69, 9.17) is 0 Å². The van der Waals surface area contributed by atoms with Crippen molar-refractivity contribution in [3.05, 3.63) is 35.9 Å². The minimum atomic E-state index is -0.668. The Labute approximate surface area is 134 Å². The molecule has 1 aliphatic heterocycles. The molecule has 0 saturated carbocycles. The van der Waals surface area contributed by atoms with Crippen molar-refractivity contribution in [3.63, 3.8) is 0 Å². The Bertz CT molecular complexity index is 438. The number of aliphatic hydroxyl groups excluding tert-OH is 2. The quantitative estimate of drug-likeness (QED) is 0.840. The van der Waals surface area contributed by atoms with Crippen LogP contribution in [0.25, 0.3) is 0 Å². The summed E-state index contributed by atoms with van der Waals surface area (Å²) in [5, 5.41) is 19.3. The van der Waals surface area contributed by atoms with Gasteiger partial charge in [-0.3, -0.25) is 4.90 Å². The fourth-order valence-electron chi connectivity index (χ4n) is 3.25. The van der Waals surface area contributed by atoms with Crippen LogP contribution >= 0.6 is 0 Å². The number of aliphatic hydroxyl groups is 2. The molecule has 4 nitrogen and oxygen atoms in total. The first-order chi connectivity index (χ1) is 10.5. The highest BCUT2D eigenvalue weighted by molar-refractivity contribution is 5.14. The van der Waals surface area contributed by atoms with Gasteiger partial charge in [0.05, 0.1) is 12.2 Å². The van der Waals surface area contributed by atoms with E-state index in [9.17, 15) is 10.2 Å². The lowest BCUT2D eigenvalue weighted by Gasteiger charge is -2.41. The van der Waals surface area contributed by atoms with Crippen LogP contribution in [0, 0.1) is 0 Å². The second-order valence-corrected chi connectivity index (χ2v) is 6.73. The van der Waals surface area contributed by atoms with Gasteiger partial charge in [0.15, 0.2) is 0 Å². The van der Waals surface area contributed by atoms with Gasteiger partial charge in [-0.15, -0.1) is 0 Å². The first-order valence-electron chi connectivity index (χ1n) is 8.31. The molecule has 1 aliphatic rings. The van der Waals surface area contributed by atoms with E-state index in [1.807, 2.05) is 0 Å². The molecule has 2 rings (SSSR count). The zero-order chi connectivity index (χ0) is 16.1. The van der Waals surface area contributed by atoms with Crippen molar-refractivity contribution in [2.45, 2.75) is 57.5 Å². The third-order valence-corrected chi connectivity index (χ3v) is 4.87. The van der Waals surface area contributed by atoms with E-state index in [-0.39, 0.29) is 0 Å². The van der Waals surface area contributed by atoms with Gasteiger partial charge in [-0.25, -0.2) is 0 Å². The Kier molecular flexibility index (Phi) is 6.38. The van der Waals surface area contributed by atoms with E-state index in [2.05, 4.69) is 54.1 Å². The van der Waals surface area contributed by atoms with Gasteiger partial charge in [-0.1, -0.05) is 30.3 Å². The number of nitrogens with zero attached hydrogens (tertiary/aromatic N) is 2. The molecular formula is C18H30N2O2. The number of hydrogen-bond donors (Lipinski definition) is 2. The van der Waals surface area contributed by atoms with E-state index < -0.39 is 12.2 Å². The smallest absolute Gasteiger partial charge is 0.0922 e. The van der Waals surface area contributed by atoms with Gasteiger partial charge in [0.25, 0.3) is 0 Å². The molecule has 124 valence electrons. The normalized spacial score (nSPS) is 26.1. The largest absolute Gasteiger partial charge is 0.391 e. The highest BCUT2D eigenvalue weighted by Gasteiger charge is 2.29. The molecule has 4 unspecified atom stereocenters. The number of piperidine rings is 1. The summed E-state index contributed by atoms with van der Waals surface area (Å²) < 4.78 is 0. The monoisotopic (exact) mass is 306 g/mol. The first-order valence-corrected chi connectivity index (χ1v) is 8.31. The highest BCUT2D eigenvalue weighted by atomic mass is 16.3. The number of benzene rings is 1. The summed E-state index contributed by atoms with van der Waals surface area (Å²) in [7, 11) is 2.05. The Morgan fingerprint density at radius 1 is 1.27 bits per heavy atom. The fraction of sp³-hybridized carbons (Fsp3) is 0.667. The van der Waals surface area contributed by atoms with E-state index in [1.54, 1.807) is 6.92 Å². The molecule has 0 amide bonds. The fourth-order valence-corrected chi connectivity index (χ4v) is 3.25. The van der Waals surface area contributed by atoms with Gasteiger partial charge in [0, 0.05) is 31.7 Å². The maximum Gasteiger partial charge on any atom is 0.0922 e. The van der Waals surface area contributed by atoms with Crippen LogP contribution in [0.15, 0.2) is 30.3 Å². The lowest BCUT2D eigenvalue weighted by Crippen LogP contribution is -2.49. The van der Waals surface area contributed by atoms with Crippen LogP contribution in [0.1, 0.15) is 32.3 Å². The van der Waals surface area contributed by atoms with Crippen LogP contribution in [0.3, 0.4) is 0 Å². The standard InChI is InChI=1S/C18H30N2O2/c1-14-11-17(19(3)13-18(22)15(2)21)9-10-20(14)12-16-7-5-4-6-8-16/h4-8,14-15,17-18,21-22H,9-13H2,1-3H3. The van der Waals surface area contributed by atoms with Gasteiger partial charge in [-0.2, -0.15) is 0 Å². The molecule has 1 aromatic rings. The van der Waals surface area contributed by atoms with Crippen LogP contribution in [0.2, 0.25) is 0 Å². The Hall–Kier alpha value is -0.940. The van der Waals surface area contributed by atoms with E-state index >= 15 is 0 Å². The number of rotatable bonds is 6. The highest BCUT2D eigenvalue weighted by Crippen LogP contribution is 2.23. The van der Waals surface area contributed by atoms with Gasteiger partial charge < -0.3 is 15.1 Å². The van der Waals surface area contributed by atoms with E-state index in [1.165, 1.54) is 5.56 Å². The van der Waals surface area contributed by atoms with Gasteiger partial charge in [0.1, 0.15) is 0 Å². The molecule has 0 bridgehead atoms. The van der Waals surface area contributed by atoms with Gasteiger partial charge >= 0.3 is 0 Å². The summed E-state index contributed by atoms with van der Waals surface area (Å²) >= 11 is 0. The average molecular weight is 306 g/mol. The van der Waals surface area contributed by atoms with Crippen molar-refractivity contribution in [2.24, 2.45) is 0 Å². The Morgan fingerprint density at radius 2 is 1.95 bits per heavy atom. The number of hydrogen-bond acceptors (Lipinski definition) is 4. The van der Waals surface area contributed by atoms with Gasteiger partial charge in [-0.05, 0) is 39.3 Å². The summed E-state index contributed by atoms with van der Waals surface area (Å²) in [6, 6.07) is 11.6. The van der Waals surface area contributed by atoms with E-state index in [0.29, 0.717) is 18.6 Å². The molecule has 4 atom stereocenters. The maximum atomic E-state index is 9.84. The average Bonchev–Trinajstić information content (AvgIpc) is 2.50. The second-order valence-electron chi connectivity index (χ2n) is 6.73. The van der Waals surface area contributed by atoms with Crippen molar-refractivity contribution < 1.29 is 10.2 Å². The maximum absolute atomic E-state index is 9.84. The van der Waals surface area contributed by atoms with E-state index in [0.717, 1.165) is 25.9 Å². The summed E-state index contributed by atoms with van der Waals surface area (Å²) in [6.45, 7) is 6.55. The predicted molar refractivity (Wildman–Crippen MR) is 89.7 cm³/mol. The van der Waals surface area contributed by atoms with Crippen LogP contribution in [-0.2, 0) is 6.54 Å². The van der Waals surface area contributed by atoms with Crippen molar-refractivity contribution in [1.82, 2.24) is 9.80 Å². The van der Waals surface area contributed by atoms with Crippen LogP contribution < -0.4 is 0 Å².